The fourth-order valence-electron chi connectivity index (χ4n) is 2.80. The molecule has 1 N–H and O–H groups in total. The summed E-state index contributed by atoms with van der Waals surface area (Å²) in [6.45, 7) is 2.85. The van der Waals surface area contributed by atoms with Crippen molar-refractivity contribution >= 4 is 5.91 Å². The molecule has 1 amide bonds. The molecule has 1 aliphatic carbocycles. The van der Waals surface area contributed by atoms with Gasteiger partial charge in [0.05, 0.1) is 12.2 Å². The lowest BCUT2D eigenvalue weighted by atomic mass is 10.2. The molecule has 0 aromatic carbocycles. The van der Waals surface area contributed by atoms with Crippen molar-refractivity contribution in [1.82, 2.24) is 25.2 Å². The standard InChI is InChI=1S/C18H19N5O2/c1-12-10-16(22-25-12)18(24)20-8-9-23-17(13-5-6-13)11-15(21-23)14-4-2-3-7-19-14/h2-4,7,10-11,13H,5-6,8-9H2,1H3,(H,20,24). The van der Waals surface area contributed by atoms with Crippen molar-refractivity contribution in [3.63, 3.8) is 0 Å². The highest BCUT2D eigenvalue weighted by atomic mass is 16.5. The van der Waals surface area contributed by atoms with E-state index in [1.165, 1.54) is 18.5 Å². The molecule has 3 heterocycles. The summed E-state index contributed by atoms with van der Waals surface area (Å²) in [5.41, 5.74) is 3.26. The van der Waals surface area contributed by atoms with Crippen molar-refractivity contribution < 1.29 is 9.32 Å². The number of aromatic nitrogens is 4. The number of hydrogen-bond acceptors (Lipinski definition) is 5. The van der Waals surface area contributed by atoms with E-state index in [9.17, 15) is 4.79 Å². The molecule has 0 atom stereocenters. The van der Waals surface area contributed by atoms with Gasteiger partial charge in [0.25, 0.3) is 5.91 Å². The first kappa shape index (κ1) is 15.6. The van der Waals surface area contributed by atoms with Crippen LogP contribution in [0, 0.1) is 6.92 Å². The number of hydrogen-bond donors (Lipinski definition) is 1. The highest BCUT2D eigenvalue weighted by Crippen LogP contribution is 2.41. The van der Waals surface area contributed by atoms with Gasteiger partial charge in [-0.05, 0) is 38.0 Å². The molecule has 0 aliphatic heterocycles. The second-order valence-electron chi connectivity index (χ2n) is 6.25. The molecule has 1 fully saturated rings. The van der Waals surface area contributed by atoms with Gasteiger partial charge >= 0.3 is 0 Å². The molecule has 3 aromatic heterocycles. The molecule has 7 heteroatoms. The van der Waals surface area contributed by atoms with Crippen LogP contribution in [0.5, 0.6) is 0 Å². The maximum Gasteiger partial charge on any atom is 0.273 e. The Kier molecular flexibility index (Phi) is 4.05. The summed E-state index contributed by atoms with van der Waals surface area (Å²) in [5.74, 6) is 0.953. The first-order chi connectivity index (χ1) is 12.2. The van der Waals surface area contributed by atoms with Gasteiger partial charge in [-0.25, -0.2) is 0 Å². The predicted molar refractivity (Wildman–Crippen MR) is 91.0 cm³/mol. The minimum absolute atomic E-state index is 0.234. The van der Waals surface area contributed by atoms with Crippen LogP contribution in [0.25, 0.3) is 11.4 Å². The molecule has 3 aromatic rings. The van der Waals surface area contributed by atoms with Gasteiger partial charge in [-0.2, -0.15) is 5.10 Å². The third kappa shape index (κ3) is 3.45. The first-order valence-corrected chi connectivity index (χ1v) is 8.41. The third-order valence-electron chi connectivity index (χ3n) is 4.20. The fraction of sp³-hybridized carbons (Fsp3) is 0.333. The van der Waals surface area contributed by atoms with E-state index in [-0.39, 0.29) is 5.91 Å². The van der Waals surface area contributed by atoms with E-state index in [1.54, 1.807) is 19.2 Å². The van der Waals surface area contributed by atoms with Gasteiger partial charge < -0.3 is 9.84 Å². The van der Waals surface area contributed by atoms with Crippen LogP contribution in [0.15, 0.2) is 41.1 Å². The Labute approximate surface area is 145 Å². The van der Waals surface area contributed by atoms with Crippen LogP contribution >= 0.6 is 0 Å². The number of nitrogens with zero attached hydrogens (tertiary/aromatic N) is 4. The van der Waals surface area contributed by atoms with Crippen molar-refractivity contribution in [2.75, 3.05) is 6.54 Å². The number of rotatable bonds is 6. The van der Waals surface area contributed by atoms with Crippen molar-refractivity contribution in [2.24, 2.45) is 0 Å². The van der Waals surface area contributed by atoms with Gasteiger partial charge in [0.2, 0.25) is 0 Å². The van der Waals surface area contributed by atoms with Crippen LogP contribution in [-0.2, 0) is 6.54 Å². The molecule has 0 unspecified atom stereocenters. The van der Waals surface area contributed by atoms with Crippen LogP contribution in [0.4, 0.5) is 0 Å². The van der Waals surface area contributed by atoms with Crippen LogP contribution in [-0.4, -0.2) is 32.4 Å². The van der Waals surface area contributed by atoms with Gasteiger partial charge in [-0.15, -0.1) is 0 Å². The SMILES string of the molecule is Cc1cc(C(=O)NCCn2nc(-c3ccccn3)cc2C2CC2)no1. The van der Waals surface area contributed by atoms with Crippen molar-refractivity contribution in [1.29, 1.82) is 0 Å². The molecule has 1 saturated carbocycles. The molecule has 128 valence electrons. The van der Waals surface area contributed by atoms with E-state index in [0.29, 0.717) is 30.5 Å². The Morgan fingerprint density at radius 1 is 1.32 bits per heavy atom. The Bertz CT molecular complexity index is 880. The molecule has 4 rings (SSSR count). The quantitative estimate of drug-likeness (QED) is 0.747. The number of amides is 1. The van der Waals surface area contributed by atoms with Crippen molar-refractivity contribution in [3.05, 3.63) is 53.7 Å². The molecule has 1 aliphatic rings. The van der Waals surface area contributed by atoms with Gasteiger partial charge in [0.15, 0.2) is 5.69 Å². The monoisotopic (exact) mass is 337 g/mol. The first-order valence-electron chi connectivity index (χ1n) is 8.41. The van der Waals surface area contributed by atoms with Gasteiger partial charge in [0.1, 0.15) is 11.5 Å². The second kappa shape index (κ2) is 6.51. The summed E-state index contributed by atoms with van der Waals surface area (Å²) >= 11 is 0. The van der Waals surface area contributed by atoms with E-state index < -0.39 is 0 Å². The van der Waals surface area contributed by atoms with Crippen molar-refractivity contribution in [3.8, 4) is 11.4 Å². The van der Waals surface area contributed by atoms with E-state index in [1.807, 2.05) is 22.9 Å². The topological polar surface area (TPSA) is 85.8 Å². The molecular formula is C18H19N5O2. The number of aryl methyl sites for hydroxylation is 1. The number of carbonyl (C=O) groups is 1. The highest BCUT2D eigenvalue weighted by molar-refractivity contribution is 5.92. The normalized spacial score (nSPS) is 13.8. The summed E-state index contributed by atoms with van der Waals surface area (Å²) in [5, 5.41) is 11.3. The van der Waals surface area contributed by atoms with E-state index in [0.717, 1.165) is 11.4 Å². The Morgan fingerprint density at radius 3 is 2.88 bits per heavy atom. The van der Waals surface area contributed by atoms with Gasteiger partial charge in [-0.1, -0.05) is 11.2 Å². The minimum atomic E-state index is -0.234. The maximum atomic E-state index is 12.0. The van der Waals surface area contributed by atoms with E-state index in [4.69, 9.17) is 4.52 Å². The zero-order valence-electron chi connectivity index (χ0n) is 14.0. The molecule has 0 radical (unpaired) electrons. The maximum absolute atomic E-state index is 12.0. The number of nitrogens with one attached hydrogen (secondary N) is 1. The Hall–Kier alpha value is -2.96. The van der Waals surface area contributed by atoms with Gasteiger partial charge in [-0.3, -0.25) is 14.5 Å². The molecule has 7 nitrogen and oxygen atoms in total. The average Bonchev–Trinajstić information content (AvgIpc) is 3.24. The summed E-state index contributed by atoms with van der Waals surface area (Å²) in [4.78, 5) is 16.4. The Morgan fingerprint density at radius 2 is 2.20 bits per heavy atom. The lowest BCUT2D eigenvalue weighted by molar-refractivity contribution is 0.0942. The van der Waals surface area contributed by atoms with Crippen LogP contribution in [0.3, 0.4) is 0 Å². The average molecular weight is 337 g/mol. The van der Waals surface area contributed by atoms with Crippen LogP contribution < -0.4 is 5.32 Å². The lowest BCUT2D eigenvalue weighted by Gasteiger charge is -2.07. The summed E-state index contributed by atoms with van der Waals surface area (Å²) in [7, 11) is 0. The van der Waals surface area contributed by atoms with Crippen molar-refractivity contribution in [2.45, 2.75) is 32.2 Å². The number of carbonyl (C=O) groups excluding carboxylic acids is 1. The summed E-state index contributed by atoms with van der Waals surface area (Å²) < 4.78 is 6.91. The summed E-state index contributed by atoms with van der Waals surface area (Å²) in [6, 6.07) is 9.54. The fourth-order valence-corrected chi connectivity index (χ4v) is 2.80. The molecular weight excluding hydrogens is 318 g/mol. The Balaban J connectivity index is 1.45. The van der Waals surface area contributed by atoms with E-state index in [2.05, 4.69) is 26.6 Å². The molecule has 25 heavy (non-hydrogen) atoms. The van der Waals surface area contributed by atoms with Gasteiger partial charge in [0, 0.05) is 30.4 Å². The zero-order chi connectivity index (χ0) is 17.2. The lowest BCUT2D eigenvalue weighted by Crippen LogP contribution is -2.28. The van der Waals surface area contributed by atoms with Crippen LogP contribution in [0.1, 0.15) is 40.7 Å². The smallest absolute Gasteiger partial charge is 0.273 e. The third-order valence-corrected chi connectivity index (χ3v) is 4.20. The van der Waals surface area contributed by atoms with E-state index >= 15 is 0 Å². The minimum Gasteiger partial charge on any atom is -0.361 e. The molecule has 0 spiro atoms. The predicted octanol–water partition coefficient (Wildman–Crippen LogP) is 2.55. The second-order valence-corrected chi connectivity index (χ2v) is 6.25. The van der Waals surface area contributed by atoms with Crippen LogP contribution in [0.2, 0.25) is 0 Å². The molecule has 0 saturated heterocycles. The largest absolute Gasteiger partial charge is 0.361 e. The highest BCUT2D eigenvalue weighted by Gasteiger charge is 2.28. The summed E-state index contributed by atoms with van der Waals surface area (Å²) in [6.07, 6.45) is 4.15. The number of pyridine rings is 1. The zero-order valence-corrected chi connectivity index (χ0v) is 14.0. The molecule has 0 bridgehead atoms.